The number of benzene rings is 1. The molecule has 3 aromatic rings. The standard InChI is InChI=1S/C19H21N3O3S/c1-19(7-8-19)17-12-16-15(6-9-20-18(16)22-17)13-2-4-14(5-3-13)26(24,25)21-10-11-23/h2-6,9,12,21,23H,7-8,10-11H2,1H3,(H,20,22). The van der Waals surface area contributed by atoms with Gasteiger partial charge in [-0.15, -0.1) is 0 Å². The fraction of sp³-hybridized carbons (Fsp3) is 0.316. The van der Waals surface area contributed by atoms with Gasteiger partial charge in [-0.25, -0.2) is 18.1 Å². The number of pyridine rings is 1. The Balaban J connectivity index is 1.71. The Morgan fingerprint density at radius 3 is 2.62 bits per heavy atom. The Morgan fingerprint density at radius 1 is 1.23 bits per heavy atom. The summed E-state index contributed by atoms with van der Waals surface area (Å²) in [7, 11) is -3.60. The molecule has 0 spiro atoms. The minimum absolute atomic E-state index is 0.0000433. The summed E-state index contributed by atoms with van der Waals surface area (Å²) in [5.74, 6) is 0. The van der Waals surface area contributed by atoms with Crippen molar-refractivity contribution in [3.8, 4) is 11.1 Å². The zero-order chi connectivity index (χ0) is 18.4. The molecule has 0 unspecified atom stereocenters. The highest BCUT2D eigenvalue weighted by Gasteiger charge is 2.40. The lowest BCUT2D eigenvalue weighted by Crippen LogP contribution is -2.26. The maximum absolute atomic E-state index is 12.1. The predicted molar refractivity (Wildman–Crippen MR) is 100 cm³/mol. The molecule has 4 rings (SSSR count). The molecule has 0 radical (unpaired) electrons. The van der Waals surface area contributed by atoms with Crippen LogP contribution in [0.15, 0.2) is 47.5 Å². The molecule has 7 heteroatoms. The number of aliphatic hydroxyl groups is 1. The van der Waals surface area contributed by atoms with Crippen LogP contribution < -0.4 is 4.72 Å². The van der Waals surface area contributed by atoms with Crippen molar-refractivity contribution < 1.29 is 13.5 Å². The second kappa shape index (κ2) is 6.19. The van der Waals surface area contributed by atoms with Gasteiger partial charge in [-0.1, -0.05) is 19.1 Å². The van der Waals surface area contributed by atoms with Gasteiger partial charge < -0.3 is 10.1 Å². The summed E-state index contributed by atoms with van der Waals surface area (Å²) < 4.78 is 26.6. The zero-order valence-corrected chi connectivity index (χ0v) is 15.3. The summed E-state index contributed by atoms with van der Waals surface area (Å²) in [6.45, 7) is 2.01. The van der Waals surface area contributed by atoms with E-state index in [4.69, 9.17) is 5.11 Å². The van der Waals surface area contributed by atoms with Crippen LogP contribution in [-0.4, -0.2) is 36.6 Å². The van der Waals surface area contributed by atoms with Gasteiger partial charge in [-0.3, -0.25) is 0 Å². The molecular weight excluding hydrogens is 350 g/mol. The van der Waals surface area contributed by atoms with E-state index in [1.807, 2.05) is 6.07 Å². The third kappa shape index (κ3) is 3.02. The normalized spacial score (nSPS) is 16.1. The Bertz CT molecular complexity index is 1050. The average molecular weight is 371 g/mol. The van der Waals surface area contributed by atoms with E-state index in [2.05, 4.69) is 27.7 Å². The lowest BCUT2D eigenvalue weighted by atomic mass is 10.0. The molecule has 1 aliphatic rings. The van der Waals surface area contributed by atoms with E-state index in [9.17, 15) is 8.42 Å². The van der Waals surface area contributed by atoms with Crippen molar-refractivity contribution in [2.45, 2.75) is 30.1 Å². The smallest absolute Gasteiger partial charge is 0.240 e. The first-order valence-electron chi connectivity index (χ1n) is 8.62. The van der Waals surface area contributed by atoms with E-state index in [0.717, 1.165) is 22.2 Å². The van der Waals surface area contributed by atoms with E-state index in [0.29, 0.717) is 0 Å². The van der Waals surface area contributed by atoms with Gasteiger partial charge >= 0.3 is 0 Å². The van der Waals surface area contributed by atoms with Gasteiger partial charge in [0.25, 0.3) is 0 Å². The van der Waals surface area contributed by atoms with Crippen LogP contribution in [0.4, 0.5) is 0 Å². The van der Waals surface area contributed by atoms with Gasteiger partial charge in [-0.05, 0) is 48.2 Å². The second-order valence-corrected chi connectivity index (χ2v) is 8.78. The summed E-state index contributed by atoms with van der Waals surface area (Å²) in [5.41, 5.74) is 4.25. The summed E-state index contributed by atoms with van der Waals surface area (Å²) in [6, 6.07) is 10.9. The van der Waals surface area contributed by atoms with Crippen molar-refractivity contribution in [3.05, 3.63) is 48.3 Å². The quantitative estimate of drug-likeness (QED) is 0.621. The van der Waals surface area contributed by atoms with Crippen LogP contribution in [0, 0.1) is 0 Å². The molecule has 136 valence electrons. The fourth-order valence-electron chi connectivity index (χ4n) is 3.14. The van der Waals surface area contributed by atoms with Gasteiger partial charge in [0.15, 0.2) is 0 Å². The number of nitrogens with one attached hydrogen (secondary N) is 2. The number of hydrogen-bond donors (Lipinski definition) is 3. The maximum atomic E-state index is 12.1. The van der Waals surface area contributed by atoms with Crippen molar-refractivity contribution in [2.24, 2.45) is 0 Å². The monoisotopic (exact) mass is 371 g/mol. The molecular formula is C19H21N3O3S. The number of rotatable bonds is 6. The summed E-state index contributed by atoms with van der Waals surface area (Å²) >= 11 is 0. The third-order valence-electron chi connectivity index (χ3n) is 5.06. The molecule has 1 aliphatic carbocycles. The van der Waals surface area contributed by atoms with Gasteiger partial charge in [0, 0.05) is 29.2 Å². The van der Waals surface area contributed by atoms with Gasteiger partial charge in [0.05, 0.1) is 11.5 Å². The number of nitrogens with zero attached hydrogens (tertiary/aromatic N) is 1. The SMILES string of the molecule is CC1(c2cc3c(-c4ccc(S(=O)(=O)NCCO)cc4)ccnc3[nH]2)CC1. The van der Waals surface area contributed by atoms with Crippen molar-refractivity contribution in [1.29, 1.82) is 0 Å². The van der Waals surface area contributed by atoms with Crippen LogP contribution in [0.1, 0.15) is 25.5 Å². The molecule has 0 bridgehead atoms. The first kappa shape index (κ1) is 17.2. The molecule has 1 fully saturated rings. The van der Waals surface area contributed by atoms with Gasteiger partial charge in [0.1, 0.15) is 5.65 Å². The highest BCUT2D eigenvalue weighted by molar-refractivity contribution is 7.89. The minimum atomic E-state index is -3.60. The lowest BCUT2D eigenvalue weighted by molar-refractivity contribution is 0.301. The maximum Gasteiger partial charge on any atom is 0.240 e. The van der Waals surface area contributed by atoms with Crippen LogP contribution in [0.5, 0.6) is 0 Å². The number of aliphatic hydroxyl groups excluding tert-OH is 1. The van der Waals surface area contributed by atoms with Crippen LogP contribution in [0.3, 0.4) is 0 Å². The first-order valence-corrected chi connectivity index (χ1v) is 10.1. The zero-order valence-electron chi connectivity index (χ0n) is 14.5. The molecule has 2 heterocycles. The fourth-order valence-corrected chi connectivity index (χ4v) is 4.16. The molecule has 0 atom stereocenters. The van der Waals surface area contributed by atoms with Crippen molar-refractivity contribution in [3.63, 3.8) is 0 Å². The van der Waals surface area contributed by atoms with Crippen LogP contribution in [0.2, 0.25) is 0 Å². The summed E-state index contributed by atoms with van der Waals surface area (Å²) in [5, 5.41) is 9.84. The Hall–Kier alpha value is -2.22. The molecule has 0 saturated heterocycles. The third-order valence-corrected chi connectivity index (χ3v) is 6.54. The lowest BCUT2D eigenvalue weighted by Gasteiger charge is -2.07. The van der Waals surface area contributed by atoms with E-state index < -0.39 is 10.0 Å². The highest BCUT2D eigenvalue weighted by atomic mass is 32.2. The minimum Gasteiger partial charge on any atom is -0.395 e. The highest BCUT2D eigenvalue weighted by Crippen LogP contribution is 2.48. The average Bonchev–Trinajstić information content (AvgIpc) is 3.23. The summed E-state index contributed by atoms with van der Waals surface area (Å²) in [6.07, 6.45) is 4.13. The van der Waals surface area contributed by atoms with E-state index in [1.165, 1.54) is 18.5 Å². The van der Waals surface area contributed by atoms with E-state index >= 15 is 0 Å². The number of hydrogen-bond acceptors (Lipinski definition) is 4. The molecule has 1 saturated carbocycles. The van der Waals surface area contributed by atoms with Crippen LogP contribution >= 0.6 is 0 Å². The number of aromatic amines is 1. The van der Waals surface area contributed by atoms with Gasteiger partial charge in [0.2, 0.25) is 10.0 Å². The van der Waals surface area contributed by atoms with Crippen molar-refractivity contribution in [1.82, 2.24) is 14.7 Å². The number of aromatic nitrogens is 2. The molecule has 26 heavy (non-hydrogen) atoms. The number of H-pyrrole nitrogens is 1. The number of sulfonamides is 1. The van der Waals surface area contributed by atoms with Crippen LogP contribution in [-0.2, 0) is 15.4 Å². The Kier molecular flexibility index (Phi) is 4.10. The van der Waals surface area contributed by atoms with Gasteiger partial charge in [-0.2, -0.15) is 0 Å². The molecule has 0 aliphatic heterocycles. The van der Waals surface area contributed by atoms with E-state index in [-0.39, 0.29) is 23.5 Å². The first-order chi connectivity index (χ1) is 12.4. The molecule has 2 aromatic heterocycles. The second-order valence-electron chi connectivity index (χ2n) is 7.01. The Morgan fingerprint density at radius 2 is 1.96 bits per heavy atom. The predicted octanol–water partition coefficient (Wildman–Crippen LogP) is 2.55. The molecule has 6 nitrogen and oxygen atoms in total. The number of fused-ring (bicyclic) bond motifs is 1. The van der Waals surface area contributed by atoms with Crippen molar-refractivity contribution in [2.75, 3.05) is 13.2 Å². The van der Waals surface area contributed by atoms with Crippen molar-refractivity contribution >= 4 is 21.1 Å². The summed E-state index contributed by atoms with van der Waals surface area (Å²) in [4.78, 5) is 8.04. The molecule has 0 amide bonds. The van der Waals surface area contributed by atoms with Crippen LogP contribution in [0.25, 0.3) is 22.2 Å². The Labute approximate surface area is 152 Å². The largest absolute Gasteiger partial charge is 0.395 e. The van der Waals surface area contributed by atoms with E-state index in [1.54, 1.807) is 30.5 Å². The molecule has 3 N–H and O–H groups in total. The topological polar surface area (TPSA) is 95.1 Å². The molecule has 1 aromatic carbocycles.